The van der Waals surface area contributed by atoms with Crippen LogP contribution in [-0.4, -0.2) is 24.7 Å². The van der Waals surface area contributed by atoms with E-state index in [0.29, 0.717) is 11.6 Å². The van der Waals surface area contributed by atoms with E-state index >= 15 is 0 Å². The van der Waals surface area contributed by atoms with Gasteiger partial charge in [-0.25, -0.2) is 0 Å². The Bertz CT molecular complexity index is 471. The normalized spacial score (nSPS) is 26.1. The van der Waals surface area contributed by atoms with Gasteiger partial charge in [0.2, 0.25) is 0 Å². The average molecular weight is 344 g/mol. The van der Waals surface area contributed by atoms with E-state index in [-0.39, 0.29) is 0 Å². The predicted molar refractivity (Wildman–Crippen MR) is 85.2 cm³/mol. The SMILES string of the molecule is CC1CNC2(CCCC2)CN1c1ccc(Cl)c(Br)c1. The summed E-state index contributed by atoms with van der Waals surface area (Å²) in [4.78, 5) is 2.53. The molecule has 2 aliphatic rings. The quantitative estimate of drug-likeness (QED) is 0.821. The fourth-order valence-corrected chi connectivity index (χ4v) is 3.89. The van der Waals surface area contributed by atoms with E-state index in [1.807, 2.05) is 6.07 Å². The van der Waals surface area contributed by atoms with Gasteiger partial charge in [-0.05, 0) is 53.9 Å². The number of hydrogen-bond acceptors (Lipinski definition) is 2. The van der Waals surface area contributed by atoms with Crippen molar-refractivity contribution in [1.29, 1.82) is 0 Å². The summed E-state index contributed by atoms with van der Waals surface area (Å²) in [5, 5.41) is 4.57. The van der Waals surface area contributed by atoms with Crippen LogP contribution in [0.4, 0.5) is 5.69 Å². The lowest BCUT2D eigenvalue weighted by Crippen LogP contribution is -2.62. The molecule has 19 heavy (non-hydrogen) atoms. The summed E-state index contributed by atoms with van der Waals surface area (Å²) in [6.45, 7) is 4.47. The van der Waals surface area contributed by atoms with Gasteiger partial charge in [0.1, 0.15) is 0 Å². The minimum absolute atomic E-state index is 0.346. The average Bonchev–Trinajstić information content (AvgIpc) is 2.85. The molecule has 2 nitrogen and oxygen atoms in total. The molecule has 4 heteroatoms. The summed E-state index contributed by atoms with van der Waals surface area (Å²) >= 11 is 9.63. The van der Waals surface area contributed by atoms with Crippen LogP contribution < -0.4 is 10.2 Å². The van der Waals surface area contributed by atoms with Crippen molar-refractivity contribution < 1.29 is 0 Å². The van der Waals surface area contributed by atoms with Crippen molar-refractivity contribution in [2.24, 2.45) is 0 Å². The lowest BCUT2D eigenvalue weighted by Gasteiger charge is -2.46. The molecule has 1 N–H and O–H groups in total. The zero-order chi connectivity index (χ0) is 13.5. The Balaban J connectivity index is 1.86. The molecule has 1 aliphatic carbocycles. The molecule has 1 aromatic carbocycles. The number of piperazine rings is 1. The highest BCUT2D eigenvalue weighted by molar-refractivity contribution is 9.10. The third-order valence-electron chi connectivity index (χ3n) is 4.57. The molecule has 0 amide bonds. The van der Waals surface area contributed by atoms with E-state index < -0.39 is 0 Å². The van der Waals surface area contributed by atoms with Gasteiger partial charge in [0.05, 0.1) is 5.02 Å². The largest absolute Gasteiger partial charge is 0.366 e. The molecule has 1 spiro atoms. The molecule has 2 fully saturated rings. The molecule has 1 unspecified atom stereocenters. The third kappa shape index (κ3) is 2.65. The fourth-order valence-electron chi connectivity index (χ4n) is 3.41. The second kappa shape index (κ2) is 5.27. The molecule has 0 aromatic heterocycles. The Labute approximate surface area is 128 Å². The van der Waals surface area contributed by atoms with Crippen LogP contribution in [0.2, 0.25) is 5.02 Å². The van der Waals surface area contributed by atoms with E-state index in [1.165, 1.54) is 31.4 Å². The number of anilines is 1. The maximum atomic E-state index is 6.10. The van der Waals surface area contributed by atoms with Gasteiger partial charge < -0.3 is 10.2 Å². The first-order valence-electron chi connectivity index (χ1n) is 7.06. The number of rotatable bonds is 1. The van der Waals surface area contributed by atoms with Gasteiger partial charge in [-0.1, -0.05) is 24.4 Å². The second-order valence-corrected chi connectivity index (χ2v) is 7.21. The monoisotopic (exact) mass is 342 g/mol. The molecule has 1 atom stereocenters. The van der Waals surface area contributed by atoms with Crippen molar-refractivity contribution in [3.63, 3.8) is 0 Å². The number of hydrogen-bond donors (Lipinski definition) is 1. The molecular formula is C15H20BrClN2. The Hall–Kier alpha value is -0.250. The van der Waals surface area contributed by atoms with Crippen LogP contribution in [0.1, 0.15) is 32.6 Å². The minimum atomic E-state index is 0.346. The smallest absolute Gasteiger partial charge is 0.0549 e. The maximum absolute atomic E-state index is 6.10. The number of benzene rings is 1. The van der Waals surface area contributed by atoms with Crippen LogP contribution >= 0.6 is 27.5 Å². The highest BCUT2D eigenvalue weighted by atomic mass is 79.9. The first kappa shape index (κ1) is 13.7. The molecule has 0 radical (unpaired) electrons. The van der Waals surface area contributed by atoms with Gasteiger partial charge in [0, 0.05) is 34.8 Å². The fraction of sp³-hybridized carbons (Fsp3) is 0.600. The van der Waals surface area contributed by atoms with Crippen molar-refractivity contribution >= 4 is 33.2 Å². The molecule has 1 aliphatic heterocycles. The van der Waals surface area contributed by atoms with Crippen molar-refractivity contribution in [1.82, 2.24) is 5.32 Å². The first-order chi connectivity index (χ1) is 9.10. The summed E-state index contributed by atoms with van der Waals surface area (Å²) in [6.07, 6.45) is 5.34. The summed E-state index contributed by atoms with van der Waals surface area (Å²) in [5.41, 5.74) is 1.62. The number of halogens is 2. The summed E-state index contributed by atoms with van der Waals surface area (Å²) in [5.74, 6) is 0. The zero-order valence-electron chi connectivity index (χ0n) is 11.3. The van der Waals surface area contributed by atoms with E-state index in [1.54, 1.807) is 0 Å². The molecule has 1 saturated carbocycles. The highest BCUT2D eigenvalue weighted by Gasteiger charge is 2.39. The van der Waals surface area contributed by atoms with Crippen molar-refractivity contribution in [2.75, 3.05) is 18.0 Å². The van der Waals surface area contributed by atoms with Crippen LogP contribution in [0.5, 0.6) is 0 Å². The van der Waals surface area contributed by atoms with E-state index in [4.69, 9.17) is 11.6 Å². The lowest BCUT2D eigenvalue weighted by molar-refractivity contribution is 0.276. The van der Waals surface area contributed by atoms with E-state index in [0.717, 1.165) is 22.6 Å². The topological polar surface area (TPSA) is 15.3 Å². The van der Waals surface area contributed by atoms with Crippen molar-refractivity contribution in [2.45, 2.75) is 44.2 Å². The maximum Gasteiger partial charge on any atom is 0.0549 e. The summed E-state index contributed by atoms with van der Waals surface area (Å²) in [6, 6.07) is 6.79. The zero-order valence-corrected chi connectivity index (χ0v) is 13.6. The van der Waals surface area contributed by atoms with E-state index in [9.17, 15) is 0 Å². The standard InChI is InChI=1S/C15H20BrClN2/c1-11-9-18-15(6-2-3-7-15)10-19(11)12-4-5-14(17)13(16)8-12/h4-5,8,11,18H,2-3,6-7,9-10H2,1H3. The first-order valence-corrected chi connectivity index (χ1v) is 8.23. The van der Waals surface area contributed by atoms with Gasteiger partial charge in [-0.3, -0.25) is 0 Å². The van der Waals surface area contributed by atoms with Crippen LogP contribution in [0.15, 0.2) is 22.7 Å². The Kier molecular flexibility index (Phi) is 3.80. The molecule has 1 saturated heterocycles. The van der Waals surface area contributed by atoms with Crippen LogP contribution in [0, 0.1) is 0 Å². The van der Waals surface area contributed by atoms with Crippen LogP contribution in [0.3, 0.4) is 0 Å². The molecule has 1 aromatic rings. The van der Waals surface area contributed by atoms with Crippen molar-refractivity contribution in [3.8, 4) is 0 Å². The minimum Gasteiger partial charge on any atom is -0.366 e. The molecule has 0 bridgehead atoms. The van der Waals surface area contributed by atoms with Gasteiger partial charge in [-0.2, -0.15) is 0 Å². The Morgan fingerprint density at radius 3 is 2.79 bits per heavy atom. The van der Waals surface area contributed by atoms with Gasteiger partial charge >= 0.3 is 0 Å². The Morgan fingerprint density at radius 2 is 2.11 bits per heavy atom. The predicted octanol–water partition coefficient (Wildman–Crippen LogP) is 4.21. The molecular weight excluding hydrogens is 324 g/mol. The molecule has 104 valence electrons. The highest BCUT2D eigenvalue weighted by Crippen LogP contribution is 2.36. The number of nitrogens with zero attached hydrogens (tertiary/aromatic N) is 1. The van der Waals surface area contributed by atoms with Crippen LogP contribution in [-0.2, 0) is 0 Å². The Morgan fingerprint density at radius 1 is 1.37 bits per heavy atom. The molecule has 3 rings (SSSR count). The summed E-state index contributed by atoms with van der Waals surface area (Å²) < 4.78 is 0.984. The van der Waals surface area contributed by atoms with Crippen LogP contribution in [0.25, 0.3) is 0 Å². The van der Waals surface area contributed by atoms with Gasteiger partial charge in [0.15, 0.2) is 0 Å². The number of nitrogens with one attached hydrogen (secondary N) is 1. The van der Waals surface area contributed by atoms with E-state index in [2.05, 4.69) is 45.2 Å². The molecule has 1 heterocycles. The third-order valence-corrected chi connectivity index (χ3v) is 5.79. The summed E-state index contributed by atoms with van der Waals surface area (Å²) in [7, 11) is 0. The lowest BCUT2D eigenvalue weighted by atomic mass is 9.92. The van der Waals surface area contributed by atoms with Crippen molar-refractivity contribution in [3.05, 3.63) is 27.7 Å². The van der Waals surface area contributed by atoms with Gasteiger partial charge in [-0.15, -0.1) is 0 Å². The second-order valence-electron chi connectivity index (χ2n) is 5.94. The van der Waals surface area contributed by atoms with Gasteiger partial charge in [0.25, 0.3) is 0 Å².